The van der Waals surface area contributed by atoms with Crippen LogP contribution in [0.2, 0.25) is 0 Å². The van der Waals surface area contributed by atoms with Gasteiger partial charge >= 0.3 is 5.97 Å². The lowest BCUT2D eigenvalue weighted by Gasteiger charge is -2.38. The summed E-state index contributed by atoms with van der Waals surface area (Å²) in [5, 5.41) is 11.6. The van der Waals surface area contributed by atoms with Crippen molar-refractivity contribution in [3.63, 3.8) is 0 Å². The number of anilines is 1. The second-order valence-corrected chi connectivity index (χ2v) is 9.94. The molecule has 1 atom stereocenters. The maximum absolute atomic E-state index is 12.8. The van der Waals surface area contributed by atoms with E-state index in [9.17, 15) is 24.3 Å². The second-order valence-electron chi connectivity index (χ2n) is 9.94. The van der Waals surface area contributed by atoms with Gasteiger partial charge in [-0.05, 0) is 62.6 Å². The number of aliphatic carboxylic acids is 1. The molecule has 1 aromatic rings. The number of carboxylic acid groups (broad SMARTS) is 1. The zero-order valence-electron chi connectivity index (χ0n) is 20.3. The molecular formula is C26H37N3O5. The highest BCUT2D eigenvalue weighted by Crippen LogP contribution is 2.33. The van der Waals surface area contributed by atoms with E-state index in [4.69, 9.17) is 0 Å². The standard InChI is InChI=1S/C26H37N3O5/c1-3-4-22(24(32)27-18-30)20-5-7-21(8-6-20)28-13-9-19(10-14-28)17-23(31)29-15-11-26(2,12-16-29)25(33)34/h5-8,18-19,22H,3-4,9-17H2,1-2H3,(H,33,34)(H,27,30,32). The zero-order chi connectivity index (χ0) is 24.7. The molecule has 1 unspecified atom stereocenters. The molecule has 186 valence electrons. The van der Waals surface area contributed by atoms with Crippen LogP contribution in [-0.2, 0) is 19.2 Å². The van der Waals surface area contributed by atoms with Crippen LogP contribution < -0.4 is 10.2 Å². The van der Waals surface area contributed by atoms with Gasteiger partial charge in [0.25, 0.3) is 0 Å². The summed E-state index contributed by atoms with van der Waals surface area (Å²) in [7, 11) is 0. The van der Waals surface area contributed by atoms with Crippen LogP contribution in [0.5, 0.6) is 0 Å². The number of rotatable bonds is 9. The monoisotopic (exact) mass is 471 g/mol. The van der Waals surface area contributed by atoms with Gasteiger partial charge in [0.15, 0.2) is 0 Å². The Morgan fingerprint density at radius 2 is 1.74 bits per heavy atom. The molecule has 2 saturated heterocycles. The number of benzene rings is 1. The molecule has 2 aliphatic rings. The Balaban J connectivity index is 1.49. The number of hydrogen-bond acceptors (Lipinski definition) is 5. The summed E-state index contributed by atoms with van der Waals surface area (Å²) in [5.41, 5.74) is 1.29. The van der Waals surface area contributed by atoms with Crippen molar-refractivity contribution in [1.29, 1.82) is 0 Å². The Hall–Kier alpha value is -2.90. The largest absolute Gasteiger partial charge is 0.481 e. The van der Waals surface area contributed by atoms with Crippen LogP contribution in [0, 0.1) is 11.3 Å². The predicted molar refractivity (Wildman–Crippen MR) is 129 cm³/mol. The summed E-state index contributed by atoms with van der Waals surface area (Å²) in [4.78, 5) is 51.2. The van der Waals surface area contributed by atoms with Crippen LogP contribution in [0.3, 0.4) is 0 Å². The van der Waals surface area contributed by atoms with Crippen molar-refractivity contribution in [3.8, 4) is 0 Å². The van der Waals surface area contributed by atoms with Crippen molar-refractivity contribution >= 4 is 29.9 Å². The first-order valence-corrected chi connectivity index (χ1v) is 12.4. The first-order valence-electron chi connectivity index (χ1n) is 12.4. The molecule has 0 bridgehead atoms. The molecular weight excluding hydrogens is 434 g/mol. The Kier molecular flexibility index (Phi) is 8.69. The number of likely N-dealkylation sites (tertiary alicyclic amines) is 1. The summed E-state index contributed by atoms with van der Waals surface area (Å²) < 4.78 is 0. The fourth-order valence-corrected chi connectivity index (χ4v) is 5.05. The van der Waals surface area contributed by atoms with Crippen molar-refractivity contribution < 1.29 is 24.3 Å². The van der Waals surface area contributed by atoms with E-state index in [0.717, 1.165) is 43.6 Å². The van der Waals surface area contributed by atoms with Gasteiger partial charge in [0, 0.05) is 38.3 Å². The van der Waals surface area contributed by atoms with Crippen LogP contribution in [0.15, 0.2) is 24.3 Å². The molecule has 8 nitrogen and oxygen atoms in total. The Labute approximate surface area is 201 Å². The van der Waals surface area contributed by atoms with E-state index in [1.807, 2.05) is 36.1 Å². The lowest BCUT2D eigenvalue weighted by atomic mass is 9.80. The number of carbonyl (C=O) groups is 4. The van der Waals surface area contributed by atoms with Crippen molar-refractivity contribution in [1.82, 2.24) is 10.2 Å². The summed E-state index contributed by atoms with van der Waals surface area (Å²) in [6.07, 6.45) is 5.40. The van der Waals surface area contributed by atoms with Crippen molar-refractivity contribution in [2.24, 2.45) is 11.3 Å². The van der Waals surface area contributed by atoms with Gasteiger partial charge in [0.2, 0.25) is 18.2 Å². The topological polar surface area (TPSA) is 107 Å². The van der Waals surface area contributed by atoms with Crippen molar-refractivity contribution in [3.05, 3.63) is 29.8 Å². The van der Waals surface area contributed by atoms with Gasteiger partial charge in [0.05, 0.1) is 11.3 Å². The van der Waals surface area contributed by atoms with E-state index < -0.39 is 11.4 Å². The fourth-order valence-electron chi connectivity index (χ4n) is 5.05. The summed E-state index contributed by atoms with van der Waals surface area (Å²) in [6.45, 7) is 6.58. The number of nitrogens with zero attached hydrogens (tertiary/aromatic N) is 2. The third-order valence-corrected chi connectivity index (χ3v) is 7.57. The minimum atomic E-state index is -0.773. The van der Waals surface area contributed by atoms with E-state index in [0.29, 0.717) is 51.1 Å². The van der Waals surface area contributed by atoms with E-state index >= 15 is 0 Å². The molecule has 1 aromatic carbocycles. The highest BCUT2D eigenvalue weighted by Gasteiger charge is 2.38. The van der Waals surface area contributed by atoms with Crippen LogP contribution in [-0.4, -0.2) is 60.4 Å². The number of imide groups is 1. The van der Waals surface area contributed by atoms with Gasteiger partial charge in [-0.3, -0.25) is 24.5 Å². The Morgan fingerprint density at radius 1 is 1.12 bits per heavy atom. The maximum atomic E-state index is 12.8. The van der Waals surface area contributed by atoms with Gasteiger partial charge in [0.1, 0.15) is 0 Å². The average Bonchev–Trinajstić information content (AvgIpc) is 2.83. The van der Waals surface area contributed by atoms with Gasteiger partial charge in [-0.1, -0.05) is 25.5 Å². The summed E-state index contributed by atoms with van der Waals surface area (Å²) in [6, 6.07) is 8.00. The van der Waals surface area contributed by atoms with Crippen LogP contribution in [0.1, 0.15) is 70.3 Å². The first-order chi connectivity index (χ1) is 16.3. The van der Waals surface area contributed by atoms with Crippen LogP contribution in [0.4, 0.5) is 5.69 Å². The first kappa shape index (κ1) is 25.7. The third-order valence-electron chi connectivity index (χ3n) is 7.57. The molecule has 0 aliphatic carbocycles. The average molecular weight is 472 g/mol. The van der Waals surface area contributed by atoms with Gasteiger partial charge in [-0.2, -0.15) is 0 Å². The highest BCUT2D eigenvalue weighted by molar-refractivity contribution is 5.91. The lowest BCUT2D eigenvalue weighted by molar-refractivity contribution is -0.153. The number of amides is 3. The molecule has 3 amide bonds. The normalized spacial score (nSPS) is 19.4. The van der Waals surface area contributed by atoms with Gasteiger partial charge in [-0.15, -0.1) is 0 Å². The van der Waals surface area contributed by atoms with E-state index in [1.54, 1.807) is 6.92 Å². The highest BCUT2D eigenvalue weighted by atomic mass is 16.4. The molecule has 2 heterocycles. The quantitative estimate of drug-likeness (QED) is 0.536. The maximum Gasteiger partial charge on any atom is 0.309 e. The van der Waals surface area contributed by atoms with Crippen LogP contribution in [0.25, 0.3) is 0 Å². The Bertz CT molecular complexity index is 869. The second kappa shape index (κ2) is 11.5. The molecule has 2 fully saturated rings. The van der Waals surface area contributed by atoms with E-state index in [2.05, 4.69) is 10.2 Å². The molecule has 34 heavy (non-hydrogen) atoms. The number of carboxylic acids is 1. The number of nitrogens with one attached hydrogen (secondary N) is 1. The molecule has 0 spiro atoms. The van der Waals surface area contributed by atoms with Crippen LogP contribution >= 0.6 is 0 Å². The summed E-state index contributed by atoms with van der Waals surface area (Å²) >= 11 is 0. The SMILES string of the molecule is CCCC(C(=O)NC=O)c1ccc(N2CCC(CC(=O)N3CCC(C)(C(=O)O)CC3)CC2)cc1. The minimum Gasteiger partial charge on any atom is -0.481 e. The van der Waals surface area contributed by atoms with Crippen molar-refractivity contribution in [2.45, 2.75) is 64.7 Å². The smallest absolute Gasteiger partial charge is 0.309 e. The summed E-state index contributed by atoms with van der Waals surface area (Å²) in [5.74, 6) is -0.881. The molecule has 0 aromatic heterocycles. The zero-order valence-corrected chi connectivity index (χ0v) is 20.3. The van der Waals surface area contributed by atoms with Crippen molar-refractivity contribution in [2.75, 3.05) is 31.1 Å². The third kappa shape index (κ3) is 6.15. The molecule has 8 heteroatoms. The molecule has 0 radical (unpaired) electrons. The minimum absolute atomic E-state index is 0.144. The number of hydrogen-bond donors (Lipinski definition) is 2. The number of carbonyl (C=O) groups excluding carboxylic acids is 3. The van der Waals surface area contributed by atoms with E-state index in [1.165, 1.54) is 0 Å². The number of piperidine rings is 2. The van der Waals surface area contributed by atoms with Gasteiger partial charge in [-0.25, -0.2) is 0 Å². The van der Waals surface area contributed by atoms with E-state index in [-0.39, 0.29) is 17.7 Å². The van der Waals surface area contributed by atoms with Gasteiger partial charge < -0.3 is 14.9 Å². The fraction of sp³-hybridized carbons (Fsp3) is 0.615. The molecule has 3 rings (SSSR count). The lowest BCUT2D eigenvalue weighted by Crippen LogP contribution is -2.46. The molecule has 2 N–H and O–H groups in total. The molecule has 2 aliphatic heterocycles. The predicted octanol–water partition coefficient (Wildman–Crippen LogP) is 3.16. The molecule has 0 saturated carbocycles. The Morgan fingerprint density at radius 3 is 2.26 bits per heavy atom.